The van der Waals surface area contributed by atoms with Crippen LogP contribution in [0.5, 0.6) is 0 Å². The highest BCUT2D eigenvalue weighted by molar-refractivity contribution is 9.10. The van der Waals surface area contributed by atoms with Crippen LogP contribution in [0.1, 0.15) is 39.3 Å². The summed E-state index contributed by atoms with van der Waals surface area (Å²) in [6.45, 7) is 10.3. The fraction of sp³-hybridized carbons (Fsp3) is 0.706. The number of halogens is 1. The van der Waals surface area contributed by atoms with E-state index in [0.29, 0.717) is 17.5 Å². The maximum Gasteiger partial charge on any atom is 0.0545 e. The van der Waals surface area contributed by atoms with E-state index in [1.54, 1.807) is 0 Å². The van der Waals surface area contributed by atoms with Gasteiger partial charge < -0.3 is 5.32 Å². The molecule has 0 spiro atoms. The lowest BCUT2D eigenvalue weighted by molar-refractivity contribution is 0.0177. The van der Waals surface area contributed by atoms with E-state index < -0.39 is 0 Å². The van der Waals surface area contributed by atoms with Gasteiger partial charge in [0.1, 0.15) is 0 Å². The van der Waals surface area contributed by atoms with E-state index in [1.807, 2.05) is 6.20 Å². The fourth-order valence-electron chi connectivity index (χ4n) is 3.46. The van der Waals surface area contributed by atoms with E-state index >= 15 is 0 Å². The quantitative estimate of drug-likeness (QED) is 0.900. The predicted octanol–water partition coefficient (Wildman–Crippen LogP) is 3.44. The Labute approximate surface area is 136 Å². The fourth-order valence-corrected chi connectivity index (χ4v) is 3.69. The molecule has 2 unspecified atom stereocenters. The second-order valence-electron chi connectivity index (χ2n) is 7.21. The molecular formula is C17H26BrN3. The minimum absolute atomic E-state index is 0.292. The molecular weight excluding hydrogens is 326 g/mol. The summed E-state index contributed by atoms with van der Waals surface area (Å²) in [5, 5.41) is 3.79. The highest BCUT2D eigenvalue weighted by atomic mass is 79.9. The maximum absolute atomic E-state index is 4.58. The summed E-state index contributed by atoms with van der Waals surface area (Å²) in [5.41, 5.74) is 1.47. The van der Waals surface area contributed by atoms with Crippen molar-refractivity contribution in [3.8, 4) is 0 Å². The van der Waals surface area contributed by atoms with Crippen molar-refractivity contribution in [1.29, 1.82) is 0 Å². The molecule has 1 N–H and O–H groups in total. The molecule has 1 saturated heterocycles. The van der Waals surface area contributed by atoms with Crippen LogP contribution in [0, 0.1) is 11.8 Å². The molecule has 116 valence electrons. The monoisotopic (exact) mass is 351 g/mol. The summed E-state index contributed by atoms with van der Waals surface area (Å²) in [6, 6.07) is 4.83. The van der Waals surface area contributed by atoms with E-state index in [2.05, 4.69) is 64.0 Å². The minimum Gasteiger partial charge on any atom is -0.311 e. The molecule has 3 nitrogen and oxygen atoms in total. The predicted molar refractivity (Wildman–Crippen MR) is 90.1 cm³/mol. The van der Waals surface area contributed by atoms with Crippen molar-refractivity contribution in [2.75, 3.05) is 13.1 Å². The first-order chi connectivity index (χ1) is 9.99. The van der Waals surface area contributed by atoms with Crippen molar-refractivity contribution < 1.29 is 0 Å². The molecule has 1 aromatic heterocycles. The Kier molecular flexibility index (Phi) is 4.40. The van der Waals surface area contributed by atoms with Crippen LogP contribution in [0.4, 0.5) is 0 Å². The SMILES string of the molecule is CC(C)C1CN(Cc2ccc(Br)cn2)C(C)(C2CC2)CN1. The van der Waals surface area contributed by atoms with Gasteiger partial charge in [-0.1, -0.05) is 13.8 Å². The minimum atomic E-state index is 0.292. The lowest BCUT2D eigenvalue weighted by Gasteiger charge is -2.49. The number of aromatic nitrogens is 1. The van der Waals surface area contributed by atoms with Gasteiger partial charge in [0.25, 0.3) is 0 Å². The summed E-state index contributed by atoms with van der Waals surface area (Å²) in [4.78, 5) is 7.26. The second kappa shape index (κ2) is 5.98. The van der Waals surface area contributed by atoms with E-state index in [1.165, 1.54) is 18.5 Å². The molecule has 2 fully saturated rings. The van der Waals surface area contributed by atoms with Gasteiger partial charge >= 0.3 is 0 Å². The average Bonchev–Trinajstić information content (AvgIpc) is 3.28. The normalized spacial score (nSPS) is 30.8. The molecule has 2 aliphatic rings. The van der Waals surface area contributed by atoms with Crippen molar-refractivity contribution in [2.24, 2.45) is 11.8 Å². The zero-order chi connectivity index (χ0) is 15.0. The average molecular weight is 352 g/mol. The van der Waals surface area contributed by atoms with Crippen LogP contribution < -0.4 is 5.32 Å². The third-order valence-electron chi connectivity index (χ3n) is 5.26. The Hall–Kier alpha value is -0.450. The number of rotatable bonds is 4. The van der Waals surface area contributed by atoms with Crippen LogP contribution in [-0.4, -0.2) is 34.6 Å². The number of piperazine rings is 1. The van der Waals surface area contributed by atoms with Crippen molar-refractivity contribution in [3.63, 3.8) is 0 Å². The van der Waals surface area contributed by atoms with Gasteiger partial charge in [-0.15, -0.1) is 0 Å². The highest BCUT2D eigenvalue weighted by Crippen LogP contribution is 2.44. The third kappa shape index (κ3) is 3.33. The van der Waals surface area contributed by atoms with Crippen LogP contribution in [0.3, 0.4) is 0 Å². The zero-order valence-electron chi connectivity index (χ0n) is 13.3. The van der Waals surface area contributed by atoms with Gasteiger partial charge in [0, 0.05) is 41.9 Å². The second-order valence-corrected chi connectivity index (χ2v) is 8.13. The lowest BCUT2D eigenvalue weighted by Crippen LogP contribution is -2.65. The number of pyridine rings is 1. The molecule has 0 aromatic carbocycles. The van der Waals surface area contributed by atoms with Crippen LogP contribution >= 0.6 is 15.9 Å². The molecule has 2 heterocycles. The van der Waals surface area contributed by atoms with Crippen LogP contribution in [0.2, 0.25) is 0 Å². The summed E-state index contributed by atoms with van der Waals surface area (Å²) >= 11 is 3.47. The van der Waals surface area contributed by atoms with Crippen molar-refractivity contribution in [2.45, 2.75) is 51.7 Å². The Morgan fingerprint density at radius 3 is 2.76 bits per heavy atom. The number of nitrogens with one attached hydrogen (secondary N) is 1. The molecule has 21 heavy (non-hydrogen) atoms. The van der Waals surface area contributed by atoms with Crippen LogP contribution in [0.25, 0.3) is 0 Å². The first-order valence-electron chi connectivity index (χ1n) is 8.08. The largest absolute Gasteiger partial charge is 0.311 e. The molecule has 3 rings (SSSR count). The number of nitrogens with zero attached hydrogens (tertiary/aromatic N) is 2. The Balaban J connectivity index is 1.77. The summed E-state index contributed by atoms with van der Waals surface area (Å²) in [6.07, 6.45) is 4.68. The Morgan fingerprint density at radius 2 is 2.19 bits per heavy atom. The molecule has 1 aliphatic carbocycles. The first kappa shape index (κ1) is 15.4. The maximum atomic E-state index is 4.58. The molecule has 0 amide bonds. The topological polar surface area (TPSA) is 28.2 Å². The number of hydrogen-bond donors (Lipinski definition) is 1. The third-order valence-corrected chi connectivity index (χ3v) is 5.73. The van der Waals surface area contributed by atoms with E-state index in [0.717, 1.165) is 30.0 Å². The van der Waals surface area contributed by atoms with Gasteiger partial charge in [0.05, 0.1) is 5.69 Å². The van der Waals surface area contributed by atoms with E-state index in [9.17, 15) is 0 Å². The van der Waals surface area contributed by atoms with E-state index in [-0.39, 0.29) is 0 Å². The standard InChI is InChI=1S/C17H26BrN3/c1-12(2)16-10-21(9-15-7-6-14(18)8-19-15)17(3,11-20-16)13-4-5-13/h6-8,12-13,16,20H,4-5,9-11H2,1-3H3. The molecule has 0 radical (unpaired) electrons. The van der Waals surface area contributed by atoms with Gasteiger partial charge in [0.15, 0.2) is 0 Å². The van der Waals surface area contributed by atoms with E-state index in [4.69, 9.17) is 0 Å². The molecule has 0 bridgehead atoms. The van der Waals surface area contributed by atoms with Gasteiger partial charge in [-0.3, -0.25) is 9.88 Å². The zero-order valence-corrected chi connectivity index (χ0v) is 14.9. The Morgan fingerprint density at radius 1 is 1.43 bits per heavy atom. The summed E-state index contributed by atoms with van der Waals surface area (Å²) < 4.78 is 1.05. The molecule has 4 heteroatoms. The van der Waals surface area contributed by atoms with Gasteiger partial charge in [-0.2, -0.15) is 0 Å². The number of hydrogen-bond acceptors (Lipinski definition) is 3. The van der Waals surface area contributed by atoms with Gasteiger partial charge in [-0.25, -0.2) is 0 Å². The molecule has 1 aromatic rings. The van der Waals surface area contributed by atoms with Crippen molar-refractivity contribution in [1.82, 2.24) is 15.2 Å². The summed E-state index contributed by atoms with van der Waals surface area (Å²) in [7, 11) is 0. The first-order valence-corrected chi connectivity index (χ1v) is 8.87. The summed E-state index contributed by atoms with van der Waals surface area (Å²) in [5.74, 6) is 1.53. The Bertz CT molecular complexity index is 483. The van der Waals surface area contributed by atoms with Crippen molar-refractivity contribution in [3.05, 3.63) is 28.5 Å². The van der Waals surface area contributed by atoms with Crippen LogP contribution in [0.15, 0.2) is 22.8 Å². The molecule has 1 saturated carbocycles. The van der Waals surface area contributed by atoms with Crippen LogP contribution in [-0.2, 0) is 6.54 Å². The lowest BCUT2D eigenvalue weighted by atomic mass is 9.87. The van der Waals surface area contributed by atoms with Gasteiger partial charge in [-0.05, 0) is 59.7 Å². The van der Waals surface area contributed by atoms with Crippen molar-refractivity contribution >= 4 is 15.9 Å². The smallest absolute Gasteiger partial charge is 0.0545 e. The molecule has 2 atom stereocenters. The molecule has 1 aliphatic heterocycles. The highest BCUT2D eigenvalue weighted by Gasteiger charge is 2.48. The van der Waals surface area contributed by atoms with Gasteiger partial charge in [0.2, 0.25) is 0 Å².